The highest BCUT2D eigenvalue weighted by Crippen LogP contribution is 2.34. The van der Waals surface area contributed by atoms with Gasteiger partial charge in [0.1, 0.15) is 5.75 Å². The highest BCUT2D eigenvalue weighted by atomic mass is 79.9. The van der Waals surface area contributed by atoms with Gasteiger partial charge in [-0.3, -0.25) is 4.79 Å². The third-order valence-corrected chi connectivity index (χ3v) is 3.30. The molecule has 1 saturated carbocycles. The molecule has 0 N–H and O–H groups in total. The van der Waals surface area contributed by atoms with E-state index in [1.165, 1.54) is 12.8 Å². The maximum absolute atomic E-state index is 11.8. The Bertz CT molecular complexity index is 383. The van der Waals surface area contributed by atoms with Crippen molar-refractivity contribution in [2.75, 3.05) is 7.11 Å². The van der Waals surface area contributed by atoms with Gasteiger partial charge in [-0.05, 0) is 52.9 Å². The minimum atomic E-state index is 0.229. The lowest BCUT2D eigenvalue weighted by atomic mass is 10.1. The molecule has 1 aromatic carbocycles. The number of halogens is 1. The summed E-state index contributed by atoms with van der Waals surface area (Å²) in [7, 11) is 1.62. The molecule has 2 nitrogen and oxygen atoms in total. The number of ketones is 1. The quantitative estimate of drug-likeness (QED) is 0.782. The highest BCUT2D eigenvalue weighted by Gasteiger charge is 2.25. The molecule has 15 heavy (non-hydrogen) atoms. The van der Waals surface area contributed by atoms with Crippen LogP contribution in [0.4, 0.5) is 0 Å². The Kier molecular flexibility index (Phi) is 3.10. The monoisotopic (exact) mass is 268 g/mol. The van der Waals surface area contributed by atoms with Crippen LogP contribution in [0.15, 0.2) is 22.7 Å². The summed E-state index contributed by atoms with van der Waals surface area (Å²) in [6, 6.07) is 5.48. The number of methoxy groups -OCH3 is 1. The van der Waals surface area contributed by atoms with Crippen LogP contribution in [0.5, 0.6) is 5.75 Å². The molecule has 0 bridgehead atoms. The Morgan fingerprint density at radius 1 is 1.53 bits per heavy atom. The summed E-state index contributed by atoms with van der Waals surface area (Å²) < 4.78 is 5.91. The summed E-state index contributed by atoms with van der Waals surface area (Å²) in [4.78, 5) is 11.8. The molecule has 0 atom stereocenters. The van der Waals surface area contributed by atoms with Crippen molar-refractivity contribution in [3.63, 3.8) is 0 Å². The molecule has 80 valence electrons. The van der Waals surface area contributed by atoms with E-state index in [1.807, 2.05) is 18.2 Å². The van der Waals surface area contributed by atoms with Crippen molar-refractivity contribution in [2.24, 2.45) is 5.92 Å². The molecule has 0 amide bonds. The van der Waals surface area contributed by atoms with Gasteiger partial charge in [0.2, 0.25) is 0 Å². The van der Waals surface area contributed by atoms with Crippen molar-refractivity contribution in [1.82, 2.24) is 0 Å². The van der Waals surface area contributed by atoms with Crippen LogP contribution < -0.4 is 4.74 Å². The highest BCUT2D eigenvalue weighted by molar-refractivity contribution is 9.10. The minimum Gasteiger partial charge on any atom is -0.497 e. The average molecular weight is 269 g/mol. The van der Waals surface area contributed by atoms with E-state index in [4.69, 9.17) is 4.74 Å². The average Bonchev–Trinajstić information content (AvgIpc) is 3.01. The first kappa shape index (κ1) is 10.7. The lowest BCUT2D eigenvalue weighted by Gasteiger charge is -2.05. The van der Waals surface area contributed by atoms with Gasteiger partial charge in [-0.1, -0.05) is 0 Å². The number of carbonyl (C=O) groups is 1. The van der Waals surface area contributed by atoms with E-state index in [9.17, 15) is 4.79 Å². The van der Waals surface area contributed by atoms with Crippen LogP contribution in [0.2, 0.25) is 0 Å². The number of ether oxygens (including phenoxy) is 1. The molecule has 0 saturated heterocycles. The van der Waals surface area contributed by atoms with E-state index in [1.54, 1.807) is 7.11 Å². The van der Waals surface area contributed by atoms with Crippen LogP contribution in [-0.2, 0) is 0 Å². The van der Waals surface area contributed by atoms with Crippen LogP contribution in [-0.4, -0.2) is 12.9 Å². The van der Waals surface area contributed by atoms with Crippen molar-refractivity contribution < 1.29 is 9.53 Å². The summed E-state index contributed by atoms with van der Waals surface area (Å²) >= 11 is 3.40. The van der Waals surface area contributed by atoms with Gasteiger partial charge in [-0.25, -0.2) is 0 Å². The number of rotatable bonds is 4. The Hall–Kier alpha value is -0.830. The topological polar surface area (TPSA) is 26.3 Å². The van der Waals surface area contributed by atoms with Gasteiger partial charge in [-0.15, -0.1) is 0 Å². The lowest BCUT2D eigenvalue weighted by Crippen LogP contribution is -2.01. The van der Waals surface area contributed by atoms with Crippen molar-refractivity contribution in [3.05, 3.63) is 28.2 Å². The summed E-state index contributed by atoms with van der Waals surface area (Å²) in [6.45, 7) is 0. The summed E-state index contributed by atoms with van der Waals surface area (Å²) in [5.41, 5.74) is 0.766. The smallest absolute Gasteiger partial charge is 0.164 e. The van der Waals surface area contributed by atoms with Crippen molar-refractivity contribution in [1.29, 1.82) is 0 Å². The predicted octanol–water partition coefficient (Wildman–Crippen LogP) is 3.44. The standard InChI is InChI=1S/C12H13BrO2/c1-15-9-4-5-10(11(13)7-9)12(14)6-8-2-3-8/h4-5,7-8H,2-3,6H2,1H3. The van der Waals surface area contributed by atoms with Gasteiger partial charge in [0.05, 0.1) is 7.11 Å². The summed E-state index contributed by atoms with van der Waals surface area (Å²) in [6.07, 6.45) is 3.10. The second kappa shape index (κ2) is 4.35. The molecule has 1 aliphatic rings. The summed E-state index contributed by atoms with van der Waals surface area (Å²) in [5.74, 6) is 1.63. The van der Waals surface area contributed by atoms with Gasteiger partial charge in [-0.2, -0.15) is 0 Å². The first-order valence-corrected chi connectivity index (χ1v) is 5.86. The molecular weight excluding hydrogens is 256 g/mol. The molecule has 0 radical (unpaired) electrons. The largest absolute Gasteiger partial charge is 0.497 e. The predicted molar refractivity (Wildman–Crippen MR) is 62.4 cm³/mol. The van der Waals surface area contributed by atoms with Crippen LogP contribution in [0.1, 0.15) is 29.6 Å². The van der Waals surface area contributed by atoms with Gasteiger partial charge in [0.15, 0.2) is 5.78 Å². The van der Waals surface area contributed by atoms with Gasteiger partial charge in [0, 0.05) is 16.5 Å². The third kappa shape index (κ3) is 2.59. The molecule has 0 aromatic heterocycles. The molecule has 0 heterocycles. The first-order chi connectivity index (χ1) is 7.20. The second-order valence-electron chi connectivity index (χ2n) is 3.92. The van der Waals surface area contributed by atoms with Gasteiger partial charge in [0.25, 0.3) is 0 Å². The lowest BCUT2D eigenvalue weighted by molar-refractivity contribution is 0.0975. The minimum absolute atomic E-state index is 0.229. The van der Waals surface area contributed by atoms with Crippen LogP contribution in [0.3, 0.4) is 0 Å². The fraction of sp³-hybridized carbons (Fsp3) is 0.417. The van der Waals surface area contributed by atoms with Crippen molar-refractivity contribution in [2.45, 2.75) is 19.3 Å². The number of carbonyl (C=O) groups excluding carboxylic acids is 1. The fourth-order valence-corrected chi connectivity index (χ4v) is 2.12. The molecule has 0 aliphatic heterocycles. The Morgan fingerprint density at radius 2 is 2.27 bits per heavy atom. The van der Waals surface area contributed by atoms with E-state index >= 15 is 0 Å². The molecule has 0 unspecified atom stereocenters. The zero-order valence-corrected chi connectivity index (χ0v) is 10.2. The normalized spacial score (nSPS) is 15.1. The molecular formula is C12H13BrO2. The Morgan fingerprint density at radius 3 is 2.80 bits per heavy atom. The molecule has 2 rings (SSSR count). The van der Waals surface area contributed by atoms with Crippen molar-refractivity contribution >= 4 is 21.7 Å². The molecule has 1 fully saturated rings. The third-order valence-electron chi connectivity index (χ3n) is 2.65. The van der Waals surface area contributed by atoms with E-state index in [0.29, 0.717) is 12.3 Å². The van der Waals surface area contributed by atoms with E-state index < -0.39 is 0 Å². The second-order valence-corrected chi connectivity index (χ2v) is 4.77. The molecule has 1 aliphatic carbocycles. The SMILES string of the molecule is COc1ccc(C(=O)CC2CC2)c(Br)c1. The van der Waals surface area contributed by atoms with Gasteiger partial charge < -0.3 is 4.74 Å². The van der Waals surface area contributed by atoms with E-state index in [0.717, 1.165) is 15.8 Å². The Balaban J connectivity index is 2.15. The molecule has 1 aromatic rings. The fourth-order valence-electron chi connectivity index (χ4n) is 1.54. The van der Waals surface area contributed by atoms with Gasteiger partial charge >= 0.3 is 0 Å². The number of Topliss-reactive ketones (excluding diaryl/α,β-unsaturated/α-hetero) is 1. The van der Waals surface area contributed by atoms with Crippen LogP contribution >= 0.6 is 15.9 Å². The Labute approximate surface area is 97.8 Å². The number of benzene rings is 1. The summed E-state index contributed by atoms with van der Waals surface area (Å²) in [5, 5.41) is 0. The zero-order valence-electron chi connectivity index (χ0n) is 8.63. The molecule has 0 spiro atoms. The van der Waals surface area contributed by atoms with Crippen molar-refractivity contribution in [3.8, 4) is 5.75 Å². The zero-order chi connectivity index (χ0) is 10.8. The number of hydrogen-bond donors (Lipinski definition) is 0. The maximum Gasteiger partial charge on any atom is 0.164 e. The van der Waals surface area contributed by atoms with Crippen LogP contribution in [0, 0.1) is 5.92 Å². The molecule has 3 heteroatoms. The van der Waals surface area contributed by atoms with Crippen LogP contribution in [0.25, 0.3) is 0 Å². The first-order valence-electron chi connectivity index (χ1n) is 5.07. The number of hydrogen-bond acceptors (Lipinski definition) is 2. The van der Waals surface area contributed by atoms with E-state index in [-0.39, 0.29) is 5.78 Å². The maximum atomic E-state index is 11.8. The van der Waals surface area contributed by atoms with E-state index in [2.05, 4.69) is 15.9 Å².